The van der Waals surface area contributed by atoms with E-state index in [-0.39, 0.29) is 41.9 Å². The first-order chi connectivity index (χ1) is 13.6. The fourth-order valence-corrected chi connectivity index (χ4v) is 3.95. The lowest BCUT2D eigenvalue weighted by molar-refractivity contribution is -0.134. The third-order valence-corrected chi connectivity index (χ3v) is 5.63. The van der Waals surface area contributed by atoms with Gasteiger partial charge in [-0.2, -0.15) is 4.98 Å². The van der Waals surface area contributed by atoms with Crippen molar-refractivity contribution in [1.82, 2.24) is 25.7 Å². The van der Waals surface area contributed by atoms with Gasteiger partial charge in [-0.15, -0.1) is 24.0 Å². The van der Waals surface area contributed by atoms with Gasteiger partial charge in [0.2, 0.25) is 11.8 Å². The molecule has 0 radical (unpaired) electrons. The number of hydrogen-bond donors (Lipinski definition) is 2. The molecule has 1 amide bonds. The Labute approximate surface area is 190 Å². The molecule has 1 atom stereocenters. The molecule has 0 aromatic carbocycles. The highest BCUT2D eigenvalue weighted by Crippen LogP contribution is 2.27. The summed E-state index contributed by atoms with van der Waals surface area (Å²) in [5, 5.41) is 10.8. The molecule has 164 valence electrons. The molecule has 1 saturated heterocycles. The molecule has 3 rings (SSSR count). The summed E-state index contributed by atoms with van der Waals surface area (Å²) in [5.74, 6) is 3.13. The average Bonchev–Trinajstić information content (AvgIpc) is 3.45. The third-order valence-electron chi connectivity index (χ3n) is 5.63. The van der Waals surface area contributed by atoms with E-state index < -0.39 is 0 Å². The minimum atomic E-state index is 0. The molecule has 1 aromatic heterocycles. The summed E-state index contributed by atoms with van der Waals surface area (Å²) < 4.78 is 5.27. The van der Waals surface area contributed by atoms with Crippen molar-refractivity contribution in [2.75, 3.05) is 26.7 Å². The van der Waals surface area contributed by atoms with Crippen molar-refractivity contribution in [2.45, 2.75) is 70.8 Å². The van der Waals surface area contributed by atoms with Gasteiger partial charge in [-0.1, -0.05) is 31.8 Å². The van der Waals surface area contributed by atoms with E-state index in [0.29, 0.717) is 11.8 Å². The van der Waals surface area contributed by atoms with E-state index in [1.165, 1.54) is 12.8 Å². The predicted octanol–water partition coefficient (Wildman–Crippen LogP) is 2.70. The fourth-order valence-electron chi connectivity index (χ4n) is 3.95. The van der Waals surface area contributed by atoms with Crippen LogP contribution in [0, 0.1) is 5.92 Å². The minimum absolute atomic E-state index is 0. The number of nitrogens with one attached hydrogen (secondary N) is 2. The predicted molar refractivity (Wildman–Crippen MR) is 124 cm³/mol. The number of hydrogen-bond acceptors (Lipinski definition) is 5. The highest BCUT2D eigenvalue weighted by Gasteiger charge is 2.32. The van der Waals surface area contributed by atoms with Crippen molar-refractivity contribution in [2.24, 2.45) is 10.9 Å². The van der Waals surface area contributed by atoms with Crippen molar-refractivity contribution in [3.63, 3.8) is 0 Å². The van der Waals surface area contributed by atoms with Crippen molar-refractivity contribution in [3.8, 4) is 0 Å². The molecule has 2 aliphatic rings. The van der Waals surface area contributed by atoms with E-state index in [9.17, 15) is 4.79 Å². The summed E-state index contributed by atoms with van der Waals surface area (Å²) >= 11 is 0. The van der Waals surface area contributed by atoms with Crippen LogP contribution in [-0.4, -0.2) is 59.6 Å². The number of amides is 1. The van der Waals surface area contributed by atoms with Crippen LogP contribution in [0.15, 0.2) is 9.52 Å². The zero-order chi connectivity index (χ0) is 19.9. The van der Waals surface area contributed by atoms with Gasteiger partial charge in [0.15, 0.2) is 11.8 Å². The third kappa shape index (κ3) is 6.82. The summed E-state index contributed by atoms with van der Waals surface area (Å²) in [6, 6.07) is 0.265. The normalized spacial score (nSPS) is 20.2. The molecule has 2 N–H and O–H groups in total. The second-order valence-electron chi connectivity index (χ2n) is 8.20. The summed E-state index contributed by atoms with van der Waals surface area (Å²) in [6.45, 7) is 6.50. The largest absolute Gasteiger partial charge is 0.356 e. The molecule has 8 nitrogen and oxygen atoms in total. The number of likely N-dealkylation sites (tertiary alicyclic amines) is 1. The summed E-state index contributed by atoms with van der Waals surface area (Å²) in [5.41, 5.74) is 0. The number of aromatic nitrogens is 2. The van der Waals surface area contributed by atoms with E-state index in [1.807, 2.05) is 4.90 Å². The smallest absolute Gasteiger partial charge is 0.226 e. The van der Waals surface area contributed by atoms with E-state index in [4.69, 9.17) is 4.52 Å². The summed E-state index contributed by atoms with van der Waals surface area (Å²) in [7, 11) is 1.78. The second-order valence-corrected chi connectivity index (χ2v) is 8.20. The number of guanidine groups is 1. The van der Waals surface area contributed by atoms with Crippen molar-refractivity contribution in [3.05, 3.63) is 11.7 Å². The zero-order valence-corrected chi connectivity index (χ0v) is 20.1. The van der Waals surface area contributed by atoms with Crippen LogP contribution < -0.4 is 10.6 Å². The number of nitrogens with zero attached hydrogens (tertiary/aromatic N) is 4. The Kier molecular flexibility index (Phi) is 9.64. The number of carbonyl (C=O) groups excluding carboxylic acids is 1. The Bertz CT molecular complexity index is 672. The SMILES string of the molecule is CN=C(NCCCc1nc(C(C)C)no1)NC1CCN(C(=O)C2CCCC2)C1.I. The number of carbonyl (C=O) groups is 1. The van der Waals surface area contributed by atoms with Crippen LogP contribution in [0.3, 0.4) is 0 Å². The topological polar surface area (TPSA) is 95.7 Å². The van der Waals surface area contributed by atoms with Crippen molar-refractivity contribution in [1.29, 1.82) is 0 Å². The maximum atomic E-state index is 12.6. The van der Waals surface area contributed by atoms with Gasteiger partial charge in [0.05, 0.1) is 0 Å². The number of rotatable bonds is 7. The molecule has 2 heterocycles. The van der Waals surface area contributed by atoms with Crippen molar-refractivity contribution >= 4 is 35.8 Å². The van der Waals surface area contributed by atoms with Gasteiger partial charge in [-0.05, 0) is 25.7 Å². The molecule has 1 unspecified atom stereocenters. The van der Waals surface area contributed by atoms with Crippen LogP contribution in [0.5, 0.6) is 0 Å². The summed E-state index contributed by atoms with van der Waals surface area (Å²) in [4.78, 5) is 23.3. The van der Waals surface area contributed by atoms with Gasteiger partial charge in [0, 0.05) is 51.0 Å². The molecule has 1 saturated carbocycles. The minimum Gasteiger partial charge on any atom is -0.356 e. The van der Waals surface area contributed by atoms with Gasteiger partial charge in [-0.25, -0.2) is 0 Å². The Morgan fingerprint density at radius 2 is 2.07 bits per heavy atom. The van der Waals surface area contributed by atoms with E-state index in [1.54, 1.807) is 7.05 Å². The second kappa shape index (κ2) is 11.7. The first-order valence-corrected chi connectivity index (χ1v) is 10.6. The molecular weight excluding hydrogens is 483 g/mol. The van der Waals surface area contributed by atoms with Crippen LogP contribution in [0.2, 0.25) is 0 Å². The average molecular weight is 518 g/mol. The molecule has 29 heavy (non-hydrogen) atoms. The number of halogens is 1. The van der Waals surface area contributed by atoms with Gasteiger partial charge in [-0.3, -0.25) is 9.79 Å². The number of aliphatic imine (C=N–C) groups is 1. The molecule has 1 aromatic rings. The molecular formula is C20H35IN6O2. The fraction of sp³-hybridized carbons (Fsp3) is 0.800. The Morgan fingerprint density at radius 1 is 1.31 bits per heavy atom. The lowest BCUT2D eigenvalue weighted by Gasteiger charge is -2.21. The van der Waals surface area contributed by atoms with Crippen LogP contribution in [0.25, 0.3) is 0 Å². The highest BCUT2D eigenvalue weighted by molar-refractivity contribution is 14.0. The van der Waals surface area contributed by atoms with E-state index >= 15 is 0 Å². The van der Waals surface area contributed by atoms with Crippen LogP contribution in [-0.2, 0) is 11.2 Å². The molecule has 9 heteroatoms. The van der Waals surface area contributed by atoms with Gasteiger partial charge in [0.1, 0.15) is 0 Å². The molecule has 1 aliphatic carbocycles. The van der Waals surface area contributed by atoms with Crippen molar-refractivity contribution < 1.29 is 9.32 Å². The van der Waals surface area contributed by atoms with Gasteiger partial charge in [0.25, 0.3) is 0 Å². The van der Waals surface area contributed by atoms with Crippen LogP contribution in [0.1, 0.15) is 70.0 Å². The molecule has 2 fully saturated rings. The monoisotopic (exact) mass is 518 g/mol. The standard InChI is InChI=1S/C20H34N6O2.HI/c1-14(2)18-24-17(28-25-18)9-6-11-22-20(21-3)23-16-10-12-26(13-16)19(27)15-7-4-5-8-15;/h14-16H,4-13H2,1-3H3,(H2,21,22,23);1H. The first-order valence-electron chi connectivity index (χ1n) is 10.6. The van der Waals surface area contributed by atoms with E-state index in [0.717, 1.165) is 63.5 Å². The molecule has 0 bridgehead atoms. The first kappa shape index (κ1) is 23.9. The quantitative estimate of drug-likeness (QED) is 0.250. The van der Waals surface area contributed by atoms with E-state index in [2.05, 4.69) is 39.6 Å². The lowest BCUT2D eigenvalue weighted by atomic mass is 10.1. The van der Waals surface area contributed by atoms with Crippen LogP contribution in [0.4, 0.5) is 0 Å². The van der Waals surface area contributed by atoms with Gasteiger partial charge < -0.3 is 20.1 Å². The highest BCUT2D eigenvalue weighted by atomic mass is 127. The van der Waals surface area contributed by atoms with Crippen LogP contribution >= 0.6 is 24.0 Å². The van der Waals surface area contributed by atoms with Gasteiger partial charge >= 0.3 is 0 Å². The molecule has 1 aliphatic heterocycles. The maximum Gasteiger partial charge on any atom is 0.226 e. The Balaban J connectivity index is 0.00000300. The lowest BCUT2D eigenvalue weighted by Crippen LogP contribution is -2.45. The summed E-state index contributed by atoms with van der Waals surface area (Å²) in [6.07, 6.45) is 7.13. The Hall–Kier alpha value is -1.39. The number of aryl methyl sites for hydroxylation is 1. The molecule has 0 spiro atoms. The zero-order valence-electron chi connectivity index (χ0n) is 17.8. The Morgan fingerprint density at radius 3 is 2.72 bits per heavy atom. The maximum absolute atomic E-state index is 12.6.